The molecule has 0 heterocycles. The molecule has 0 radical (unpaired) electrons. The van der Waals surface area contributed by atoms with Crippen molar-refractivity contribution in [2.75, 3.05) is 6.54 Å². The van der Waals surface area contributed by atoms with Gasteiger partial charge in [-0.3, -0.25) is 9.59 Å². The monoisotopic (exact) mass is 315 g/mol. The Morgan fingerprint density at radius 1 is 1.04 bits per heavy atom. The third-order valence-electron chi connectivity index (χ3n) is 3.73. The molecule has 0 spiro atoms. The van der Waals surface area contributed by atoms with Crippen molar-refractivity contribution in [2.24, 2.45) is 11.5 Å². The largest absolute Gasteiger partial charge is 0.480 e. The molecule has 0 fully saturated rings. The number of aliphatic carboxylic acids is 1. The Hall–Kier alpha value is -2.44. The minimum Gasteiger partial charge on any atom is -0.480 e. The first kappa shape index (κ1) is 16.9. The normalized spacial score (nSPS) is 13.5. The first-order valence-corrected chi connectivity index (χ1v) is 7.47. The van der Waals surface area contributed by atoms with Crippen molar-refractivity contribution in [3.8, 4) is 0 Å². The summed E-state index contributed by atoms with van der Waals surface area (Å²) in [4.78, 5) is 22.6. The van der Waals surface area contributed by atoms with Crippen LogP contribution in [-0.4, -0.2) is 35.6 Å². The Balaban J connectivity index is 1.94. The van der Waals surface area contributed by atoms with E-state index in [4.69, 9.17) is 16.6 Å². The number of carboxylic acid groups (broad SMARTS) is 1. The SMILES string of the molecule is NC(CCNC(=O)C(N)Cc1cccc2ccccc12)C(=O)O. The van der Waals surface area contributed by atoms with Gasteiger partial charge in [-0.2, -0.15) is 0 Å². The van der Waals surface area contributed by atoms with E-state index in [1.807, 2.05) is 42.5 Å². The van der Waals surface area contributed by atoms with Crippen LogP contribution in [0.15, 0.2) is 42.5 Å². The highest BCUT2D eigenvalue weighted by Crippen LogP contribution is 2.19. The fourth-order valence-electron chi connectivity index (χ4n) is 2.41. The molecule has 122 valence electrons. The quantitative estimate of drug-likeness (QED) is 0.597. The van der Waals surface area contributed by atoms with Crippen molar-refractivity contribution in [1.82, 2.24) is 5.32 Å². The second-order valence-corrected chi connectivity index (χ2v) is 5.47. The molecule has 1 amide bonds. The number of nitrogens with two attached hydrogens (primary N) is 2. The van der Waals surface area contributed by atoms with Crippen LogP contribution in [0.5, 0.6) is 0 Å². The lowest BCUT2D eigenvalue weighted by Crippen LogP contribution is -2.44. The zero-order valence-electron chi connectivity index (χ0n) is 12.7. The molecular weight excluding hydrogens is 294 g/mol. The maximum Gasteiger partial charge on any atom is 0.320 e. The highest BCUT2D eigenvalue weighted by molar-refractivity contribution is 5.87. The van der Waals surface area contributed by atoms with Crippen LogP contribution in [0.2, 0.25) is 0 Å². The van der Waals surface area contributed by atoms with Gasteiger partial charge in [0.05, 0.1) is 6.04 Å². The van der Waals surface area contributed by atoms with Crippen molar-refractivity contribution >= 4 is 22.6 Å². The summed E-state index contributed by atoms with van der Waals surface area (Å²) in [5, 5.41) is 13.5. The van der Waals surface area contributed by atoms with E-state index in [1.165, 1.54) is 0 Å². The predicted octanol–water partition coefficient (Wildman–Crippen LogP) is 0.628. The van der Waals surface area contributed by atoms with E-state index >= 15 is 0 Å². The molecule has 0 aliphatic rings. The summed E-state index contributed by atoms with van der Waals surface area (Å²) in [5.41, 5.74) is 12.3. The van der Waals surface area contributed by atoms with Gasteiger partial charge >= 0.3 is 5.97 Å². The molecule has 6 nitrogen and oxygen atoms in total. The van der Waals surface area contributed by atoms with Crippen molar-refractivity contribution in [3.05, 3.63) is 48.0 Å². The van der Waals surface area contributed by atoms with Gasteiger partial charge in [-0.25, -0.2) is 0 Å². The number of carboxylic acids is 1. The van der Waals surface area contributed by atoms with E-state index < -0.39 is 18.1 Å². The Bertz CT molecular complexity index is 697. The molecule has 6 heteroatoms. The maximum atomic E-state index is 12.0. The summed E-state index contributed by atoms with van der Waals surface area (Å²) in [7, 11) is 0. The van der Waals surface area contributed by atoms with Crippen molar-refractivity contribution in [3.63, 3.8) is 0 Å². The van der Waals surface area contributed by atoms with Gasteiger partial charge in [-0.1, -0.05) is 42.5 Å². The predicted molar refractivity (Wildman–Crippen MR) is 88.9 cm³/mol. The molecule has 2 unspecified atom stereocenters. The first-order valence-electron chi connectivity index (χ1n) is 7.47. The number of nitrogens with one attached hydrogen (secondary N) is 1. The van der Waals surface area contributed by atoms with Crippen molar-refractivity contribution < 1.29 is 14.7 Å². The highest BCUT2D eigenvalue weighted by atomic mass is 16.4. The zero-order chi connectivity index (χ0) is 16.8. The molecule has 23 heavy (non-hydrogen) atoms. The van der Waals surface area contributed by atoms with E-state index in [0.29, 0.717) is 6.42 Å². The van der Waals surface area contributed by atoms with Gasteiger partial charge in [-0.15, -0.1) is 0 Å². The van der Waals surface area contributed by atoms with E-state index in [2.05, 4.69) is 5.32 Å². The average Bonchev–Trinajstić information content (AvgIpc) is 2.54. The standard InChI is InChI=1S/C17H21N3O3/c18-14(17(22)23)8-9-20-16(21)15(19)10-12-6-3-5-11-4-1-2-7-13(11)12/h1-7,14-15H,8-10,18-19H2,(H,20,21)(H,22,23). The van der Waals surface area contributed by atoms with Gasteiger partial charge < -0.3 is 21.9 Å². The summed E-state index contributed by atoms with van der Waals surface area (Å²) in [6.07, 6.45) is 0.584. The van der Waals surface area contributed by atoms with Gasteiger partial charge in [0.1, 0.15) is 6.04 Å². The molecule has 0 saturated heterocycles. The molecule has 0 aliphatic carbocycles. The van der Waals surface area contributed by atoms with Crippen LogP contribution in [0.25, 0.3) is 10.8 Å². The number of rotatable bonds is 7. The van der Waals surface area contributed by atoms with Crippen molar-refractivity contribution in [1.29, 1.82) is 0 Å². The summed E-state index contributed by atoms with van der Waals surface area (Å²) >= 11 is 0. The summed E-state index contributed by atoms with van der Waals surface area (Å²) in [6, 6.07) is 12.2. The van der Waals surface area contributed by atoms with Crippen LogP contribution in [0, 0.1) is 0 Å². The van der Waals surface area contributed by atoms with E-state index in [0.717, 1.165) is 16.3 Å². The lowest BCUT2D eigenvalue weighted by molar-refractivity contribution is -0.138. The van der Waals surface area contributed by atoms with Gasteiger partial charge in [-0.05, 0) is 29.2 Å². The molecule has 2 atom stereocenters. The Morgan fingerprint density at radius 3 is 2.48 bits per heavy atom. The molecule has 0 aliphatic heterocycles. The Labute approximate surface area is 134 Å². The summed E-state index contributed by atoms with van der Waals surface area (Å²) in [5.74, 6) is -1.39. The fraction of sp³-hybridized carbons (Fsp3) is 0.294. The number of benzene rings is 2. The number of hydrogen-bond donors (Lipinski definition) is 4. The third kappa shape index (κ3) is 4.51. The fourth-order valence-corrected chi connectivity index (χ4v) is 2.41. The molecule has 2 aromatic rings. The zero-order valence-corrected chi connectivity index (χ0v) is 12.7. The second kappa shape index (κ2) is 7.71. The lowest BCUT2D eigenvalue weighted by Gasteiger charge is -2.14. The molecule has 6 N–H and O–H groups in total. The third-order valence-corrected chi connectivity index (χ3v) is 3.73. The molecule has 2 aromatic carbocycles. The van der Waals surface area contributed by atoms with Crippen LogP contribution < -0.4 is 16.8 Å². The van der Waals surface area contributed by atoms with Gasteiger partial charge in [0, 0.05) is 6.54 Å². The smallest absolute Gasteiger partial charge is 0.320 e. The van der Waals surface area contributed by atoms with Crippen LogP contribution in [-0.2, 0) is 16.0 Å². The Morgan fingerprint density at radius 2 is 1.74 bits per heavy atom. The molecular formula is C17H21N3O3. The first-order chi connectivity index (χ1) is 11.0. The number of amides is 1. The summed E-state index contributed by atoms with van der Waals surface area (Å²) < 4.78 is 0. The molecule has 2 rings (SSSR count). The lowest BCUT2D eigenvalue weighted by atomic mass is 9.99. The minimum absolute atomic E-state index is 0.169. The van der Waals surface area contributed by atoms with E-state index in [-0.39, 0.29) is 18.9 Å². The number of carbonyl (C=O) groups is 2. The van der Waals surface area contributed by atoms with Gasteiger partial charge in [0.2, 0.25) is 5.91 Å². The number of carbonyl (C=O) groups excluding carboxylic acids is 1. The highest BCUT2D eigenvalue weighted by Gasteiger charge is 2.16. The average molecular weight is 315 g/mol. The van der Waals surface area contributed by atoms with E-state index in [1.54, 1.807) is 0 Å². The maximum absolute atomic E-state index is 12.0. The molecule has 0 aromatic heterocycles. The molecule has 0 saturated carbocycles. The van der Waals surface area contributed by atoms with Gasteiger partial charge in [0.15, 0.2) is 0 Å². The van der Waals surface area contributed by atoms with Crippen molar-refractivity contribution in [2.45, 2.75) is 24.9 Å². The number of hydrogen-bond acceptors (Lipinski definition) is 4. The second-order valence-electron chi connectivity index (χ2n) is 5.47. The van der Waals surface area contributed by atoms with Gasteiger partial charge in [0.25, 0.3) is 0 Å². The topological polar surface area (TPSA) is 118 Å². The summed E-state index contributed by atoms with van der Waals surface area (Å²) in [6.45, 7) is 0.190. The van der Waals surface area contributed by atoms with Crippen LogP contribution in [0.1, 0.15) is 12.0 Å². The molecule has 0 bridgehead atoms. The number of fused-ring (bicyclic) bond motifs is 1. The van der Waals surface area contributed by atoms with Crippen LogP contribution in [0.3, 0.4) is 0 Å². The minimum atomic E-state index is -1.08. The van der Waals surface area contributed by atoms with Crippen LogP contribution >= 0.6 is 0 Å². The van der Waals surface area contributed by atoms with Crippen LogP contribution in [0.4, 0.5) is 0 Å². The Kier molecular flexibility index (Phi) is 5.67. The van der Waals surface area contributed by atoms with E-state index in [9.17, 15) is 9.59 Å².